The van der Waals surface area contributed by atoms with Gasteiger partial charge in [0.1, 0.15) is 11.6 Å². The summed E-state index contributed by atoms with van der Waals surface area (Å²) in [5.41, 5.74) is 0.663. The van der Waals surface area contributed by atoms with Gasteiger partial charge in [0.05, 0.1) is 6.61 Å². The van der Waals surface area contributed by atoms with Crippen molar-refractivity contribution in [3.63, 3.8) is 0 Å². The third-order valence-electron chi connectivity index (χ3n) is 4.50. The monoisotopic (exact) mass is 309 g/mol. The van der Waals surface area contributed by atoms with E-state index in [1.807, 2.05) is 27.7 Å². The average Bonchev–Trinajstić information content (AvgIpc) is 2.87. The second-order valence-corrected chi connectivity index (χ2v) is 7.20. The highest BCUT2D eigenvalue weighted by Gasteiger charge is 2.55. The van der Waals surface area contributed by atoms with Gasteiger partial charge in [-0.2, -0.15) is 0 Å². The van der Waals surface area contributed by atoms with Crippen LogP contribution in [0.15, 0.2) is 11.6 Å². The lowest BCUT2D eigenvalue weighted by Crippen LogP contribution is -2.48. The van der Waals surface area contributed by atoms with Crippen LogP contribution in [0.3, 0.4) is 0 Å². The Hall–Kier alpha value is -1.52. The molecule has 1 heterocycles. The maximum atomic E-state index is 12.6. The number of ether oxygens (including phenoxy) is 2. The zero-order chi connectivity index (χ0) is 16.7. The highest BCUT2D eigenvalue weighted by atomic mass is 16.6. The van der Waals surface area contributed by atoms with Gasteiger partial charge in [0.15, 0.2) is 0 Å². The van der Waals surface area contributed by atoms with Crippen LogP contribution in [0.25, 0.3) is 0 Å². The number of fused-ring (bicyclic) bond motifs is 1. The van der Waals surface area contributed by atoms with Gasteiger partial charge >= 0.3 is 12.1 Å². The number of amides is 1. The summed E-state index contributed by atoms with van der Waals surface area (Å²) in [4.78, 5) is 26.6. The van der Waals surface area contributed by atoms with Crippen LogP contribution in [0.4, 0.5) is 4.79 Å². The molecule has 0 radical (unpaired) electrons. The van der Waals surface area contributed by atoms with E-state index in [0.717, 1.165) is 6.42 Å². The third kappa shape index (κ3) is 2.99. The maximum absolute atomic E-state index is 12.6. The zero-order valence-corrected chi connectivity index (χ0v) is 14.4. The van der Waals surface area contributed by atoms with Crippen LogP contribution in [0, 0.1) is 11.8 Å². The summed E-state index contributed by atoms with van der Waals surface area (Å²) in [6.07, 6.45) is 2.55. The number of allylic oxidation sites excluding steroid dienone is 1. The quantitative estimate of drug-likeness (QED) is 0.581. The van der Waals surface area contributed by atoms with Crippen LogP contribution in [0.5, 0.6) is 0 Å². The number of carbonyl (C=O) groups is 2. The molecule has 0 aromatic heterocycles. The van der Waals surface area contributed by atoms with Crippen molar-refractivity contribution < 1.29 is 19.1 Å². The van der Waals surface area contributed by atoms with Crippen LogP contribution in [-0.4, -0.2) is 41.3 Å². The average molecular weight is 309 g/mol. The van der Waals surface area contributed by atoms with Gasteiger partial charge in [-0.05, 0) is 48.0 Å². The van der Waals surface area contributed by atoms with Crippen molar-refractivity contribution in [2.45, 2.75) is 65.6 Å². The van der Waals surface area contributed by atoms with Crippen LogP contribution >= 0.6 is 0 Å². The summed E-state index contributed by atoms with van der Waals surface area (Å²) in [6.45, 7) is 11.6. The van der Waals surface area contributed by atoms with Gasteiger partial charge in [-0.15, -0.1) is 0 Å². The molecule has 0 aromatic carbocycles. The summed E-state index contributed by atoms with van der Waals surface area (Å²) in [7, 11) is 0. The van der Waals surface area contributed by atoms with E-state index in [0.29, 0.717) is 6.61 Å². The minimum Gasteiger partial charge on any atom is -0.464 e. The smallest absolute Gasteiger partial charge is 0.411 e. The van der Waals surface area contributed by atoms with E-state index in [-0.39, 0.29) is 23.8 Å². The normalized spacial score (nSPS) is 30.8. The molecule has 2 rings (SSSR count). The van der Waals surface area contributed by atoms with Gasteiger partial charge < -0.3 is 9.47 Å². The lowest BCUT2D eigenvalue weighted by atomic mass is 9.87. The Balaban J connectivity index is 2.30. The molecular formula is C17H27NO4. The Bertz CT molecular complexity index is 491. The predicted molar refractivity (Wildman–Crippen MR) is 83.3 cm³/mol. The van der Waals surface area contributed by atoms with Crippen LogP contribution in [-0.2, 0) is 14.3 Å². The van der Waals surface area contributed by atoms with Crippen molar-refractivity contribution in [3.05, 3.63) is 11.6 Å². The van der Waals surface area contributed by atoms with Crippen molar-refractivity contribution >= 4 is 12.1 Å². The molecule has 5 heteroatoms. The van der Waals surface area contributed by atoms with Gasteiger partial charge in [-0.3, -0.25) is 4.90 Å². The second kappa shape index (κ2) is 5.94. The summed E-state index contributed by atoms with van der Waals surface area (Å²) >= 11 is 0. The van der Waals surface area contributed by atoms with Crippen molar-refractivity contribution in [2.24, 2.45) is 11.8 Å². The summed E-state index contributed by atoms with van der Waals surface area (Å²) < 4.78 is 10.7. The molecule has 0 N–H and O–H groups in total. The molecule has 4 atom stereocenters. The Morgan fingerprint density at radius 3 is 2.55 bits per heavy atom. The van der Waals surface area contributed by atoms with Gasteiger partial charge in [0.2, 0.25) is 0 Å². The van der Waals surface area contributed by atoms with Crippen LogP contribution in [0.2, 0.25) is 0 Å². The fourth-order valence-corrected chi connectivity index (χ4v) is 3.75. The summed E-state index contributed by atoms with van der Waals surface area (Å²) in [5, 5.41) is 0. The molecule has 0 unspecified atom stereocenters. The Morgan fingerprint density at radius 2 is 2.00 bits per heavy atom. The molecule has 5 nitrogen and oxygen atoms in total. The van der Waals surface area contributed by atoms with Crippen molar-refractivity contribution in [1.29, 1.82) is 0 Å². The highest BCUT2D eigenvalue weighted by molar-refractivity contribution is 5.83. The number of esters is 1. The van der Waals surface area contributed by atoms with Gasteiger partial charge in [-0.1, -0.05) is 11.6 Å². The molecule has 0 bridgehead atoms. The molecule has 1 saturated heterocycles. The van der Waals surface area contributed by atoms with E-state index < -0.39 is 17.7 Å². The van der Waals surface area contributed by atoms with Crippen LogP contribution in [0.1, 0.15) is 48.0 Å². The third-order valence-corrected chi connectivity index (χ3v) is 4.50. The number of carbonyl (C=O) groups excluding carboxylic acids is 2. The number of likely N-dealkylation sites (tertiary alicyclic amines) is 1. The van der Waals surface area contributed by atoms with E-state index in [9.17, 15) is 9.59 Å². The molecule has 0 aromatic rings. The molecule has 0 saturated carbocycles. The Kier molecular flexibility index (Phi) is 4.54. The molecule has 0 spiro atoms. The van der Waals surface area contributed by atoms with E-state index in [4.69, 9.17) is 9.47 Å². The molecule has 124 valence electrons. The molecular weight excluding hydrogens is 282 g/mol. The van der Waals surface area contributed by atoms with Gasteiger partial charge in [0.25, 0.3) is 0 Å². The van der Waals surface area contributed by atoms with Gasteiger partial charge in [0, 0.05) is 17.9 Å². The first-order valence-electron chi connectivity index (χ1n) is 8.02. The largest absolute Gasteiger partial charge is 0.464 e. The Labute approximate surface area is 132 Å². The van der Waals surface area contributed by atoms with E-state index in [1.54, 1.807) is 11.8 Å². The molecule has 1 aliphatic carbocycles. The number of hydrogen-bond acceptors (Lipinski definition) is 4. The summed E-state index contributed by atoms with van der Waals surface area (Å²) in [6, 6.07) is -0.614. The molecule has 22 heavy (non-hydrogen) atoms. The van der Waals surface area contributed by atoms with Crippen molar-refractivity contribution in [2.75, 3.05) is 6.61 Å². The predicted octanol–water partition coefficient (Wildman–Crippen LogP) is 3.14. The SMILES string of the molecule is CCOC(=O)[C@@H]1[C@H]2CC=C(C)[C@H]2[C@H](C)N1C(=O)OC(C)(C)C. The highest BCUT2D eigenvalue weighted by Crippen LogP contribution is 2.46. The topological polar surface area (TPSA) is 55.8 Å². The number of rotatable bonds is 2. The first-order chi connectivity index (χ1) is 10.2. The minimum absolute atomic E-state index is 0.0620. The fraction of sp³-hybridized carbons (Fsp3) is 0.765. The fourth-order valence-electron chi connectivity index (χ4n) is 3.75. The minimum atomic E-state index is -0.585. The summed E-state index contributed by atoms with van der Waals surface area (Å²) in [5.74, 6) is -0.0145. The zero-order valence-electron chi connectivity index (χ0n) is 14.4. The van der Waals surface area contributed by atoms with Crippen molar-refractivity contribution in [3.8, 4) is 0 Å². The Morgan fingerprint density at radius 1 is 1.36 bits per heavy atom. The molecule has 1 amide bonds. The van der Waals surface area contributed by atoms with Crippen molar-refractivity contribution in [1.82, 2.24) is 4.90 Å². The number of nitrogens with zero attached hydrogens (tertiary/aromatic N) is 1. The first kappa shape index (κ1) is 16.8. The second-order valence-electron chi connectivity index (χ2n) is 7.20. The maximum Gasteiger partial charge on any atom is 0.411 e. The molecule has 1 aliphatic heterocycles. The van der Waals surface area contributed by atoms with Crippen LogP contribution < -0.4 is 0 Å². The lowest BCUT2D eigenvalue weighted by molar-refractivity contribution is -0.150. The van der Waals surface area contributed by atoms with E-state index in [2.05, 4.69) is 13.0 Å². The molecule has 2 aliphatic rings. The number of hydrogen-bond donors (Lipinski definition) is 0. The van der Waals surface area contributed by atoms with E-state index >= 15 is 0 Å². The standard InChI is InChI=1S/C17H27NO4/c1-7-21-15(19)14-12-9-8-10(2)13(12)11(3)18(14)16(20)22-17(4,5)6/h8,11-14H,7,9H2,1-6H3/t11-,12-,13-,14-/m0/s1. The van der Waals surface area contributed by atoms with E-state index in [1.165, 1.54) is 5.57 Å². The lowest BCUT2D eigenvalue weighted by Gasteiger charge is -2.31. The van der Waals surface area contributed by atoms with Gasteiger partial charge in [-0.25, -0.2) is 9.59 Å². The first-order valence-corrected chi connectivity index (χ1v) is 8.02. The molecule has 1 fully saturated rings.